The van der Waals surface area contributed by atoms with Crippen molar-refractivity contribution in [2.75, 3.05) is 17.2 Å². The highest BCUT2D eigenvalue weighted by molar-refractivity contribution is 7.99. The van der Waals surface area contributed by atoms with Gasteiger partial charge in [0.15, 0.2) is 5.16 Å². The Balaban J connectivity index is 1.62. The van der Waals surface area contributed by atoms with Crippen LogP contribution in [0.5, 0.6) is 0 Å². The van der Waals surface area contributed by atoms with E-state index in [9.17, 15) is 14.9 Å². The van der Waals surface area contributed by atoms with Gasteiger partial charge in [0.25, 0.3) is 5.56 Å². The first-order valence-electron chi connectivity index (χ1n) is 11.0. The maximum atomic E-state index is 13.4. The van der Waals surface area contributed by atoms with Crippen molar-refractivity contribution >= 4 is 44.9 Å². The molecule has 6 nitrogen and oxygen atoms in total. The summed E-state index contributed by atoms with van der Waals surface area (Å²) in [4.78, 5) is 34.8. The van der Waals surface area contributed by atoms with E-state index in [4.69, 9.17) is 4.98 Å². The van der Waals surface area contributed by atoms with Crippen molar-refractivity contribution in [3.63, 3.8) is 0 Å². The van der Waals surface area contributed by atoms with Crippen LogP contribution < -0.4 is 10.5 Å². The molecule has 32 heavy (non-hydrogen) atoms. The van der Waals surface area contributed by atoms with Gasteiger partial charge in [0.05, 0.1) is 17.2 Å². The predicted octanol–water partition coefficient (Wildman–Crippen LogP) is 4.79. The van der Waals surface area contributed by atoms with E-state index in [-0.39, 0.29) is 23.8 Å². The zero-order chi connectivity index (χ0) is 22.5. The zero-order valence-corrected chi connectivity index (χ0v) is 19.8. The number of carbonyl (C=O) groups excluding carboxylic acids is 1. The third kappa shape index (κ3) is 4.59. The Morgan fingerprint density at radius 2 is 2.09 bits per heavy atom. The lowest BCUT2D eigenvalue weighted by Gasteiger charge is -2.20. The van der Waals surface area contributed by atoms with Crippen LogP contribution in [0.4, 0.5) is 5.69 Å². The second-order valence-electron chi connectivity index (χ2n) is 7.86. The summed E-state index contributed by atoms with van der Waals surface area (Å²) in [5.74, 6) is -0.0567. The van der Waals surface area contributed by atoms with Crippen LogP contribution in [0.1, 0.15) is 43.0 Å². The van der Waals surface area contributed by atoms with Gasteiger partial charge in [0.2, 0.25) is 5.91 Å². The summed E-state index contributed by atoms with van der Waals surface area (Å²) in [5.41, 5.74) is 1.90. The molecule has 1 amide bonds. The second kappa shape index (κ2) is 10.3. The highest BCUT2D eigenvalue weighted by atomic mass is 32.2. The minimum Gasteiger partial charge on any atom is -0.298 e. The van der Waals surface area contributed by atoms with Crippen molar-refractivity contribution in [2.24, 2.45) is 0 Å². The summed E-state index contributed by atoms with van der Waals surface area (Å²) in [6, 6.07) is 11.3. The van der Waals surface area contributed by atoms with Crippen molar-refractivity contribution in [1.29, 1.82) is 5.26 Å². The smallest absolute Gasteiger partial charge is 0.263 e. The maximum absolute atomic E-state index is 13.4. The Bertz CT molecular complexity index is 1210. The number of fused-ring (bicyclic) bond motifs is 3. The van der Waals surface area contributed by atoms with Gasteiger partial charge in [-0.15, -0.1) is 11.3 Å². The van der Waals surface area contributed by atoms with Crippen molar-refractivity contribution in [1.82, 2.24) is 9.55 Å². The molecule has 0 spiro atoms. The number of nitriles is 1. The van der Waals surface area contributed by atoms with Gasteiger partial charge in [-0.25, -0.2) is 4.98 Å². The number of para-hydroxylation sites is 1. The third-order valence-corrected chi connectivity index (χ3v) is 7.84. The fraction of sp³-hybridized carbons (Fsp3) is 0.417. The number of anilines is 1. The SMILES string of the molecule is CCCCCn1c(SCC(=O)N(CC#N)c2ccccc2)nc2sc3c(c2c1=O)CCC3. The molecule has 2 heterocycles. The Morgan fingerprint density at radius 3 is 2.84 bits per heavy atom. The zero-order valence-electron chi connectivity index (χ0n) is 18.2. The number of benzene rings is 1. The lowest BCUT2D eigenvalue weighted by Crippen LogP contribution is -2.33. The highest BCUT2D eigenvalue weighted by Gasteiger charge is 2.24. The van der Waals surface area contributed by atoms with Gasteiger partial charge in [0, 0.05) is 17.1 Å². The maximum Gasteiger partial charge on any atom is 0.263 e. The highest BCUT2D eigenvalue weighted by Crippen LogP contribution is 2.35. The van der Waals surface area contributed by atoms with E-state index in [1.807, 2.05) is 30.3 Å². The summed E-state index contributed by atoms with van der Waals surface area (Å²) in [6.07, 6.45) is 6.09. The van der Waals surface area contributed by atoms with Gasteiger partial charge in [-0.05, 0) is 43.4 Å². The van der Waals surface area contributed by atoms with Gasteiger partial charge in [-0.2, -0.15) is 5.26 Å². The van der Waals surface area contributed by atoms with Crippen LogP contribution in [-0.2, 0) is 24.2 Å². The molecule has 1 aliphatic carbocycles. The van der Waals surface area contributed by atoms with Crippen molar-refractivity contribution in [3.05, 3.63) is 51.1 Å². The van der Waals surface area contributed by atoms with Crippen LogP contribution in [0.3, 0.4) is 0 Å². The first-order chi connectivity index (χ1) is 15.6. The average molecular weight is 467 g/mol. The molecule has 0 fully saturated rings. The molecule has 2 aromatic heterocycles. The van der Waals surface area contributed by atoms with Crippen molar-refractivity contribution in [2.45, 2.75) is 57.1 Å². The molecule has 0 radical (unpaired) electrons. The number of carbonyl (C=O) groups is 1. The van der Waals surface area contributed by atoms with Gasteiger partial charge in [0.1, 0.15) is 11.4 Å². The summed E-state index contributed by atoms with van der Waals surface area (Å²) in [7, 11) is 0. The number of aryl methyl sites for hydroxylation is 2. The Labute approximate surface area is 195 Å². The quantitative estimate of drug-likeness (QED) is 0.196. The van der Waals surface area contributed by atoms with E-state index in [0.717, 1.165) is 48.7 Å². The number of rotatable bonds is 9. The Morgan fingerprint density at radius 1 is 1.28 bits per heavy atom. The minimum atomic E-state index is -0.175. The van der Waals surface area contributed by atoms with E-state index >= 15 is 0 Å². The molecule has 0 aliphatic heterocycles. The number of unbranched alkanes of at least 4 members (excludes halogenated alkanes) is 2. The number of hydrogen-bond donors (Lipinski definition) is 0. The van der Waals surface area contributed by atoms with Crippen LogP contribution in [0.25, 0.3) is 10.2 Å². The van der Waals surface area contributed by atoms with Crippen LogP contribution >= 0.6 is 23.1 Å². The largest absolute Gasteiger partial charge is 0.298 e. The van der Waals surface area contributed by atoms with Gasteiger partial charge in [-0.1, -0.05) is 49.7 Å². The predicted molar refractivity (Wildman–Crippen MR) is 131 cm³/mol. The lowest BCUT2D eigenvalue weighted by molar-refractivity contribution is -0.116. The topological polar surface area (TPSA) is 79.0 Å². The number of nitrogens with zero attached hydrogens (tertiary/aromatic N) is 4. The van der Waals surface area contributed by atoms with E-state index in [1.54, 1.807) is 15.9 Å². The standard InChI is InChI=1S/C24H26N4O2S2/c1-2-3-7-14-28-23(30)21-18-11-8-12-19(18)32-22(21)26-24(28)31-16-20(29)27(15-13-25)17-9-5-4-6-10-17/h4-6,9-10H,2-3,7-8,11-12,14-16H2,1H3. The number of aromatic nitrogens is 2. The van der Waals surface area contributed by atoms with Crippen LogP contribution in [-0.4, -0.2) is 27.8 Å². The normalized spacial score (nSPS) is 12.6. The molecule has 8 heteroatoms. The molecular weight excluding hydrogens is 440 g/mol. The second-order valence-corrected chi connectivity index (χ2v) is 9.88. The summed E-state index contributed by atoms with van der Waals surface area (Å²) < 4.78 is 1.76. The number of amides is 1. The van der Waals surface area contributed by atoms with E-state index in [0.29, 0.717) is 17.4 Å². The van der Waals surface area contributed by atoms with Crippen LogP contribution in [0, 0.1) is 11.3 Å². The van der Waals surface area contributed by atoms with Gasteiger partial charge >= 0.3 is 0 Å². The minimum absolute atomic E-state index is 0.0170. The molecule has 0 unspecified atom stereocenters. The lowest BCUT2D eigenvalue weighted by atomic mass is 10.2. The molecule has 0 N–H and O–H groups in total. The van der Waals surface area contributed by atoms with Crippen molar-refractivity contribution in [3.8, 4) is 6.07 Å². The van der Waals surface area contributed by atoms with Crippen LogP contribution in [0.2, 0.25) is 0 Å². The summed E-state index contributed by atoms with van der Waals surface area (Å²) in [5, 5.41) is 10.6. The van der Waals surface area contributed by atoms with Gasteiger partial charge < -0.3 is 0 Å². The van der Waals surface area contributed by atoms with Crippen molar-refractivity contribution < 1.29 is 4.79 Å². The summed E-state index contributed by atoms with van der Waals surface area (Å²) in [6.45, 7) is 2.73. The number of thiophene rings is 1. The molecule has 1 aromatic carbocycles. The first kappa shape index (κ1) is 22.6. The first-order valence-corrected chi connectivity index (χ1v) is 12.8. The molecule has 4 rings (SSSR count). The van der Waals surface area contributed by atoms with E-state index in [2.05, 4.69) is 13.0 Å². The molecule has 0 saturated heterocycles. The third-order valence-electron chi connectivity index (χ3n) is 5.70. The Hall–Kier alpha value is -2.63. The molecule has 166 valence electrons. The number of hydrogen-bond acceptors (Lipinski definition) is 6. The van der Waals surface area contributed by atoms with E-state index < -0.39 is 0 Å². The molecule has 0 saturated carbocycles. The van der Waals surface area contributed by atoms with Crippen LogP contribution in [0.15, 0.2) is 40.3 Å². The molecule has 0 atom stereocenters. The summed E-state index contributed by atoms with van der Waals surface area (Å²) >= 11 is 2.91. The fourth-order valence-electron chi connectivity index (χ4n) is 4.09. The molecule has 3 aromatic rings. The molecule has 1 aliphatic rings. The average Bonchev–Trinajstić information content (AvgIpc) is 3.39. The molecular formula is C24H26N4O2S2. The van der Waals surface area contributed by atoms with Gasteiger partial charge in [-0.3, -0.25) is 19.1 Å². The number of thioether (sulfide) groups is 1. The molecule has 0 bridgehead atoms. The Kier molecular flexibility index (Phi) is 7.28. The monoisotopic (exact) mass is 466 g/mol. The van der Waals surface area contributed by atoms with E-state index in [1.165, 1.54) is 27.1 Å². The fourth-order valence-corrected chi connectivity index (χ4v) is 6.30.